The first-order chi connectivity index (χ1) is 16.5. The van der Waals surface area contributed by atoms with Gasteiger partial charge < -0.3 is 28.1 Å². The van der Waals surface area contributed by atoms with Gasteiger partial charge in [-0.15, -0.1) is 0 Å². The van der Waals surface area contributed by atoms with E-state index in [1.54, 1.807) is 55.4 Å². The summed E-state index contributed by atoms with van der Waals surface area (Å²) in [4.78, 5) is 39.6. The average Bonchev–Trinajstić information content (AvgIpc) is 3.07. The second-order valence-electron chi connectivity index (χ2n) is 13.9. The van der Waals surface area contributed by atoms with Crippen molar-refractivity contribution in [3.63, 3.8) is 0 Å². The van der Waals surface area contributed by atoms with Crippen LogP contribution in [0.1, 0.15) is 76.2 Å². The predicted molar refractivity (Wildman–Crippen MR) is 139 cm³/mol. The first-order valence-corrected chi connectivity index (χ1v) is 15.7. The molecule has 214 valence electrons. The zero-order chi connectivity index (χ0) is 28.8. The van der Waals surface area contributed by atoms with E-state index in [9.17, 15) is 14.4 Å². The number of amides is 1. The number of hydrogen-bond acceptors (Lipinski definition) is 9. The molecule has 37 heavy (non-hydrogen) atoms. The van der Waals surface area contributed by atoms with Crippen molar-refractivity contribution < 1.29 is 42.5 Å². The number of carbonyl (C=O) groups excluding carboxylic acids is 3. The van der Waals surface area contributed by atoms with Gasteiger partial charge in [-0.05, 0) is 73.5 Å². The highest BCUT2D eigenvalue weighted by Crippen LogP contribution is 2.50. The molecular weight excluding hydrogens is 498 g/mol. The minimum absolute atomic E-state index is 0.0485. The summed E-state index contributed by atoms with van der Waals surface area (Å²) in [7, 11) is -2.28. The SMILES string of the molecule is CC(C)(C)OC(=O)N1[C@@H](CO[Si](C)(C)C(C)(C)C)[C@@H](OC=O)[C@@H]2OC(C)(C)O[C@@]21COC(=O)C(C)(C)C. The van der Waals surface area contributed by atoms with Crippen molar-refractivity contribution in [2.75, 3.05) is 13.2 Å². The molecule has 1 amide bonds. The molecule has 2 aliphatic heterocycles. The third-order valence-electron chi connectivity index (χ3n) is 6.94. The van der Waals surface area contributed by atoms with E-state index in [4.69, 9.17) is 28.1 Å². The fourth-order valence-corrected chi connectivity index (χ4v) is 5.14. The van der Waals surface area contributed by atoms with E-state index in [1.165, 1.54) is 4.90 Å². The lowest BCUT2D eigenvalue weighted by Gasteiger charge is -2.42. The quantitative estimate of drug-likeness (QED) is 0.196. The standard InChI is InChI=1S/C26H47NO9Si/c1-22(2,3)20(29)31-15-26-19(34-25(10,11)36-26)18(32-16-28)17(14-33-37(12,13)24(7,8)9)27(26)21(30)35-23(4,5)6/h16-19H,14-15H2,1-13H3/t17-,18+,19-,26-/m0/s1. The second-order valence-corrected chi connectivity index (χ2v) is 18.7. The van der Waals surface area contributed by atoms with Gasteiger partial charge in [0.05, 0.1) is 18.1 Å². The Bertz CT molecular complexity index is 869. The van der Waals surface area contributed by atoms with E-state index in [0.29, 0.717) is 6.47 Å². The van der Waals surface area contributed by atoms with Gasteiger partial charge in [0, 0.05) is 0 Å². The Morgan fingerprint density at radius 1 is 1.03 bits per heavy atom. The summed E-state index contributed by atoms with van der Waals surface area (Å²) in [6.45, 7) is 24.3. The van der Waals surface area contributed by atoms with E-state index < -0.39 is 61.2 Å². The summed E-state index contributed by atoms with van der Waals surface area (Å²) in [6.07, 6.45) is -2.63. The van der Waals surface area contributed by atoms with E-state index in [2.05, 4.69) is 33.9 Å². The molecule has 10 nitrogen and oxygen atoms in total. The highest BCUT2D eigenvalue weighted by molar-refractivity contribution is 6.74. The minimum atomic E-state index is -2.28. The lowest BCUT2D eigenvalue weighted by Crippen LogP contribution is -2.60. The van der Waals surface area contributed by atoms with Gasteiger partial charge in [-0.3, -0.25) is 14.5 Å². The highest BCUT2D eigenvalue weighted by atomic mass is 28.4. The van der Waals surface area contributed by atoms with Gasteiger partial charge >= 0.3 is 12.1 Å². The molecule has 0 bridgehead atoms. The fourth-order valence-electron chi connectivity index (χ4n) is 4.12. The molecule has 0 unspecified atom stereocenters. The Labute approximate surface area is 222 Å². The molecule has 0 N–H and O–H groups in total. The molecule has 0 aromatic rings. The van der Waals surface area contributed by atoms with Crippen LogP contribution in [0.25, 0.3) is 0 Å². The topological polar surface area (TPSA) is 110 Å². The minimum Gasteiger partial charge on any atom is -0.460 e. The zero-order valence-electron chi connectivity index (χ0n) is 24.8. The summed E-state index contributed by atoms with van der Waals surface area (Å²) < 4.78 is 36.1. The number of carbonyl (C=O) groups is 3. The number of fused-ring (bicyclic) bond motifs is 1. The maximum Gasteiger partial charge on any atom is 0.413 e. The Hall–Kier alpha value is -1.69. The molecule has 2 heterocycles. The van der Waals surface area contributed by atoms with E-state index >= 15 is 0 Å². The number of hydrogen-bond donors (Lipinski definition) is 0. The molecule has 0 radical (unpaired) electrons. The Balaban J connectivity index is 2.62. The average molecular weight is 546 g/mol. The van der Waals surface area contributed by atoms with Gasteiger partial charge in [-0.25, -0.2) is 4.79 Å². The summed E-state index contributed by atoms with van der Waals surface area (Å²) in [6, 6.07) is -0.816. The third kappa shape index (κ3) is 6.85. The number of likely N-dealkylation sites (tertiary alicyclic amines) is 1. The maximum atomic E-state index is 13.8. The largest absolute Gasteiger partial charge is 0.460 e. The lowest BCUT2D eigenvalue weighted by atomic mass is 9.97. The van der Waals surface area contributed by atoms with Crippen molar-refractivity contribution in [1.29, 1.82) is 0 Å². The smallest absolute Gasteiger partial charge is 0.413 e. The molecule has 0 saturated carbocycles. The Morgan fingerprint density at radius 3 is 2.05 bits per heavy atom. The number of esters is 1. The number of ether oxygens (including phenoxy) is 5. The predicted octanol–water partition coefficient (Wildman–Crippen LogP) is 4.61. The van der Waals surface area contributed by atoms with Gasteiger partial charge in [0.1, 0.15) is 12.2 Å². The third-order valence-corrected chi connectivity index (χ3v) is 11.4. The van der Waals surface area contributed by atoms with Crippen molar-refractivity contribution in [1.82, 2.24) is 4.90 Å². The number of nitrogens with zero attached hydrogens (tertiary/aromatic N) is 1. The lowest BCUT2D eigenvalue weighted by molar-refractivity contribution is -0.224. The van der Waals surface area contributed by atoms with Crippen LogP contribution >= 0.6 is 0 Å². The van der Waals surface area contributed by atoms with Gasteiger partial charge in [0.25, 0.3) is 6.47 Å². The highest BCUT2D eigenvalue weighted by Gasteiger charge is 2.71. The van der Waals surface area contributed by atoms with Crippen molar-refractivity contribution in [2.45, 2.75) is 130 Å². The van der Waals surface area contributed by atoms with Crippen molar-refractivity contribution in [2.24, 2.45) is 5.41 Å². The van der Waals surface area contributed by atoms with Crippen molar-refractivity contribution >= 4 is 26.9 Å². The monoisotopic (exact) mass is 545 g/mol. The number of rotatable bonds is 7. The van der Waals surface area contributed by atoms with Gasteiger partial charge in [0.2, 0.25) is 5.72 Å². The molecular formula is C26H47NO9Si. The summed E-state index contributed by atoms with van der Waals surface area (Å²) in [5.41, 5.74) is -3.23. The molecule has 0 spiro atoms. The molecule has 2 aliphatic rings. The molecule has 2 rings (SSSR count). The van der Waals surface area contributed by atoms with E-state index in [1.807, 2.05) is 0 Å². The molecule has 0 aliphatic carbocycles. The van der Waals surface area contributed by atoms with Crippen LogP contribution in [0, 0.1) is 5.41 Å². The van der Waals surface area contributed by atoms with Gasteiger partial charge in [0.15, 0.2) is 26.3 Å². The zero-order valence-corrected chi connectivity index (χ0v) is 25.8. The summed E-state index contributed by atoms with van der Waals surface area (Å²) in [5.74, 6) is -1.65. The van der Waals surface area contributed by atoms with E-state index in [0.717, 1.165) is 0 Å². The fraction of sp³-hybridized carbons (Fsp3) is 0.885. The van der Waals surface area contributed by atoms with Crippen LogP contribution in [0.2, 0.25) is 18.1 Å². The summed E-state index contributed by atoms with van der Waals surface area (Å²) >= 11 is 0. The van der Waals surface area contributed by atoms with Crippen molar-refractivity contribution in [3.05, 3.63) is 0 Å². The summed E-state index contributed by atoms with van der Waals surface area (Å²) in [5, 5.41) is -0.103. The Kier molecular flexibility index (Phi) is 8.63. The van der Waals surface area contributed by atoms with Gasteiger partial charge in [-0.2, -0.15) is 0 Å². The molecule has 0 aromatic heterocycles. The Morgan fingerprint density at radius 2 is 1.59 bits per heavy atom. The van der Waals surface area contributed by atoms with E-state index in [-0.39, 0.29) is 18.3 Å². The first-order valence-electron chi connectivity index (χ1n) is 12.8. The second kappa shape index (κ2) is 10.1. The normalized spacial score (nSPS) is 28.0. The van der Waals surface area contributed by atoms with Crippen LogP contribution in [0.4, 0.5) is 4.79 Å². The van der Waals surface area contributed by atoms with Crippen LogP contribution in [-0.2, 0) is 37.7 Å². The molecule has 2 fully saturated rings. The molecule has 2 saturated heterocycles. The van der Waals surface area contributed by atoms with Crippen LogP contribution in [0.15, 0.2) is 0 Å². The molecule has 4 atom stereocenters. The molecule has 0 aromatic carbocycles. The van der Waals surface area contributed by atoms with Crippen LogP contribution in [-0.4, -0.2) is 80.3 Å². The van der Waals surface area contributed by atoms with Crippen LogP contribution in [0.5, 0.6) is 0 Å². The first kappa shape index (κ1) is 31.5. The molecule has 11 heteroatoms. The van der Waals surface area contributed by atoms with Crippen molar-refractivity contribution in [3.8, 4) is 0 Å². The maximum absolute atomic E-state index is 13.8. The van der Waals surface area contributed by atoms with Gasteiger partial charge in [-0.1, -0.05) is 20.8 Å². The van der Waals surface area contributed by atoms with Crippen LogP contribution in [0.3, 0.4) is 0 Å². The van der Waals surface area contributed by atoms with Crippen LogP contribution < -0.4 is 0 Å².